The fourth-order valence-electron chi connectivity index (χ4n) is 1.38. The zero-order valence-electron chi connectivity index (χ0n) is 8.62. The first kappa shape index (κ1) is 10.0. The Hall–Kier alpha value is -1.05. The van der Waals surface area contributed by atoms with Gasteiger partial charge in [0.15, 0.2) is 0 Å². The molecule has 0 amide bonds. The number of aromatic nitrogens is 1. The van der Waals surface area contributed by atoms with Crippen molar-refractivity contribution < 1.29 is 0 Å². The summed E-state index contributed by atoms with van der Waals surface area (Å²) in [5, 5.41) is 3.42. The maximum atomic E-state index is 4.24. The highest BCUT2D eigenvalue weighted by molar-refractivity contribution is 5.34. The number of anilines is 1. The average molecular weight is 178 g/mol. The molecule has 2 heteroatoms. The Kier molecular flexibility index (Phi) is 3.74. The van der Waals surface area contributed by atoms with Gasteiger partial charge in [-0.05, 0) is 24.5 Å². The molecule has 0 aliphatic heterocycles. The van der Waals surface area contributed by atoms with Crippen molar-refractivity contribution in [2.24, 2.45) is 5.92 Å². The van der Waals surface area contributed by atoms with E-state index in [1.165, 1.54) is 0 Å². The zero-order valence-corrected chi connectivity index (χ0v) is 8.62. The van der Waals surface area contributed by atoms with Crippen LogP contribution in [0.15, 0.2) is 24.4 Å². The van der Waals surface area contributed by atoms with E-state index < -0.39 is 0 Å². The second-order valence-corrected chi connectivity index (χ2v) is 3.62. The molecule has 0 saturated carbocycles. The van der Waals surface area contributed by atoms with Crippen molar-refractivity contribution in [3.63, 3.8) is 0 Å². The third kappa shape index (κ3) is 3.05. The van der Waals surface area contributed by atoms with Crippen LogP contribution >= 0.6 is 0 Å². The van der Waals surface area contributed by atoms with E-state index in [1.54, 1.807) is 0 Å². The Morgan fingerprint density at radius 2 is 2.15 bits per heavy atom. The van der Waals surface area contributed by atoms with E-state index in [0.29, 0.717) is 12.0 Å². The number of nitrogens with one attached hydrogen (secondary N) is 1. The fourth-order valence-corrected chi connectivity index (χ4v) is 1.38. The molecule has 1 rings (SSSR count). The highest BCUT2D eigenvalue weighted by Gasteiger charge is 2.10. The molecule has 0 unspecified atom stereocenters. The molecule has 2 nitrogen and oxygen atoms in total. The van der Waals surface area contributed by atoms with Crippen molar-refractivity contribution in [1.29, 1.82) is 0 Å². The predicted molar refractivity (Wildman–Crippen MR) is 56.8 cm³/mol. The second-order valence-electron chi connectivity index (χ2n) is 3.62. The summed E-state index contributed by atoms with van der Waals surface area (Å²) in [6.07, 6.45) is 2.95. The van der Waals surface area contributed by atoms with Crippen LogP contribution in [-0.2, 0) is 0 Å². The molecule has 0 spiro atoms. The van der Waals surface area contributed by atoms with Crippen molar-refractivity contribution in [2.75, 3.05) is 5.32 Å². The molecule has 72 valence electrons. The van der Waals surface area contributed by atoms with Crippen molar-refractivity contribution in [1.82, 2.24) is 4.98 Å². The average Bonchev–Trinajstić information content (AvgIpc) is 2.15. The second kappa shape index (κ2) is 4.85. The Morgan fingerprint density at radius 1 is 1.38 bits per heavy atom. The Labute approximate surface area is 80.4 Å². The lowest BCUT2D eigenvalue weighted by Gasteiger charge is -2.20. The molecule has 1 aromatic rings. The van der Waals surface area contributed by atoms with Gasteiger partial charge < -0.3 is 5.32 Å². The molecular formula is C11H18N2. The molecule has 0 saturated heterocycles. The number of nitrogens with zero attached hydrogens (tertiary/aromatic N) is 1. The quantitative estimate of drug-likeness (QED) is 0.766. The molecule has 0 bridgehead atoms. The third-order valence-electron chi connectivity index (χ3n) is 2.24. The number of hydrogen-bond donors (Lipinski definition) is 1. The van der Waals surface area contributed by atoms with E-state index in [0.717, 1.165) is 12.2 Å². The van der Waals surface area contributed by atoms with Crippen LogP contribution in [0.2, 0.25) is 0 Å². The molecule has 0 aromatic carbocycles. The Balaban J connectivity index is 2.57. The summed E-state index contributed by atoms with van der Waals surface area (Å²) in [5.41, 5.74) is 0. The van der Waals surface area contributed by atoms with Gasteiger partial charge in [-0.15, -0.1) is 0 Å². The third-order valence-corrected chi connectivity index (χ3v) is 2.24. The summed E-state index contributed by atoms with van der Waals surface area (Å²) >= 11 is 0. The van der Waals surface area contributed by atoms with Crippen LogP contribution in [0.25, 0.3) is 0 Å². The molecular weight excluding hydrogens is 160 g/mol. The minimum absolute atomic E-state index is 0.523. The van der Waals surface area contributed by atoms with Crippen LogP contribution in [-0.4, -0.2) is 11.0 Å². The zero-order chi connectivity index (χ0) is 9.68. The first-order valence-electron chi connectivity index (χ1n) is 4.91. The summed E-state index contributed by atoms with van der Waals surface area (Å²) in [4.78, 5) is 4.24. The van der Waals surface area contributed by atoms with Crippen LogP contribution < -0.4 is 5.32 Å². The van der Waals surface area contributed by atoms with Crippen molar-refractivity contribution in [3.05, 3.63) is 24.4 Å². The lowest BCUT2D eigenvalue weighted by atomic mass is 10.0. The van der Waals surface area contributed by atoms with E-state index in [-0.39, 0.29) is 0 Å². The van der Waals surface area contributed by atoms with E-state index in [2.05, 4.69) is 31.1 Å². The van der Waals surface area contributed by atoms with E-state index >= 15 is 0 Å². The molecule has 1 aromatic heterocycles. The van der Waals surface area contributed by atoms with Gasteiger partial charge in [0.25, 0.3) is 0 Å². The smallest absolute Gasteiger partial charge is 0.126 e. The molecule has 1 heterocycles. The van der Waals surface area contributed by atoms with Crippen LogP contribution in [0.5, 0.6) is 0 Å². The minimum Gasteiger partial charge on any atom is -0.367 e. The van der Waals surface area contributed by atoms with Gasteiger partial charge in [0.1, 0.15) is 5.82 Å². The van der Waals surface area contributed by atoms with Crippen molar-refractivity contribution >= 4 is 5.82 Å². The molecule has 0 fully saturated rings. The van der Waals surface area contributed by atoms with Crippen LogP contribution in [0.1, 0.15) is 27.2 Å². The molecule has 0 aliphatic carbocycles. The van der Waals surface area contributed by atoms with Crippen LogP contribution in [0, 0.1) is 5.92 Å². The molecule has 0 aliphatic rings. The largest absolute Gasteiger partial charge is 0.367 e. The summed E-state index contributed by atoms with van der Waals surface area (Å²) in [7, 11) is 0. The highest BCUT2D eigenvalue weighted by Crippen LogP contribution is 2.11. The van der Waals surface area contributed by atoms with Gasteiger partial charge in [0.05, 0.1) is 0 Å². The normalized spacial score (nSPS) is 12.9. The summed E-state index contributed by atoms with van der Waals surface area (Å²) in [6, 6.07) is 6.46. The Morgan fingerprint density at radius 3 is 2.62 bits per heavy atom. The first-order chi connectivity index (χ1) is 6.24. The first-order valence-corrected chi connectivity index (χ1v) is 4.91. The molecule has 0 radical (unpaired) electrons. The monoisotopic (exact) mass is 178 g/mol. The van der Waals surface area contributed by atoms with Gasteiger partial charge in [-0.3, -0.25) is 0 Å². The topological polar surface area (TPSA) is 24.9 Å². The van der Waals surface area contributed by atoms with Gasteiger partial charge in [-0.1, -0.05) is 26.8 Å². The lowest BCUT2D eigenvalue weighted by molar-refractivity contribution is 0.510. The maximum Gasteiger partial charge on any atom is 0.126 e. The van der Waals surface area contributed by atoms with Crippen LogP contribution in [0.3, 0.4) is 0 Å². The van der Waals surface area contributed by atoms with E-state index in [1.807, 2.05) is 24.4 Å². The SMILES string of the molecule is CC[C@@H](Nc1ccccn1)C(C)C. The van der Waals surface area contributed by atoms with Gasteiger partial charge in [0.2, 0.25) is 0 Å². The summed E-state index contributed by atoms with van der Waals surface area (Å²) < 4.78 is 0. The number of hydrogen-bond acceptors (Lipinski definition) is 2. The lowest BCUT2D eigenvalue weighted by Crippen LogP contribution is -2.24. The summed E-state index contributed by atoms with van der Waals surface area (Å²) in [6.45, 7) is 6.65. The molecule has 1 atom stereocenters. The van der Waals surface area contributed by atoms with Gasteiger partial charge in [-0.2, -0.15) is 0 Å². The predicted octanol–water partition coefficient (Wildman–Crippen LogP) is 2.93. The number of rotatable bonds is 4. The van der Waals surface area contributed by atoms with Crippen molar-refractivity contribution in [2.45, 2.75) is 33.2 Å². The number of pyridine rings is 1. The summed E-state index contributed by atoms with van der Waals surface area (Å²) in [5.74, 6) is 1.62. The minimum atomic E-state index is 0.523. The van der Waals surface area contributed by atoms with Gasteiger partial charge in [-0.25, -0.2) is 4.98 Å². The van der Waals surface area contributed by atoms with Crippen molar-refractivity contribution in [3.8, 4) is 0 Å². The highest BCUT2D eigenvalue weighted by atomic mass is 15.0. The van der Waals surface area contributed by atoms with Gasteiger partial charge in [0, 0.05) is 12.2 Å². The van der Waals surface area contributed by atoms with E-state index in [4.69, 9.17) is 0 Å². The fraction of sp³-hybridized carbons (Fsp3) is 0.545. The van der Waals surface area contributed by atoms with E-state index in [9.17, 15) is 0 Å². The molecule has 1 N–H and O–H groups in total. The maximum absolute atomic E-state index is 4.24. The molecule has 13 heavy (non-hydrogen) atoms. The standard InChI is InChI=1S/C11H18N2/c1-4-10(9(2)3)13-11-7-5-6-8-12-11/h5-10H,4H2,1-3H3,(H,12,13)/t10-/m1/s1. The van der Waals surface area contributed by atoms with Gasteiger partial charge >= 0.3 is 0 Å². The Bertz CT molecular complexity index is 231. The van der Waals surface area contributed by atoms with Crippen LogP contribution in [0.4, 0.5) is 5.82 Å².